The number of hydrogen-bond donors (Lipinski definition) is 2. The number of H-pyrrole nitrogens is 2. The Bertz CT molecular complexity index is 658. The molecule has 0 spiro atoms. The normalized spacial score (nSPS) is 10.3. The molecule has 94 valence electrons. The van der Waals surface area contributed by atoms with Gasteiger partial charge in [0, 0.05) is 38.0 Å². The maximum Gasteiger partial charge on any atom is 0.255 e. The molecule has 1 aromatic carbocycles. The zero-order valence-corrected chi connectivity index (χ0v) is 11.2. The van der Waals surface area contributed by atoms with Crippen LogP contribution in [-0.2, 0) is 6.42 Å². The Hall–Kier alpha value is -1.88. The molecule has 2 aromatic rings. The first-order valence-electron chi connectivity index (χ1n) is 5.64. The number of para-hydroxylation sites is 1. The summed E-state index contributed by atoms with van der Waals surface area (Å²) in [5, 5.41) is 0. The second kappa shape index (κ2) is 5.18. The molecule has 0 aliphatic heterocycles. The molecule has 0 aliphatic rings. The molecule has 0 amide bonds. The van der Waals surface area contributed by atoms with Crippen LogP contribution in [0, 0.1) is 4.77 Å². The summed E-state index contributed by atoms with van der Waals surface area (Å²) in [5.41, 5.74) is 2.77. The molecule has 0 fully saturated rings. The van der Waals surface area contributed by atoms with E-state index in [0.717, 1.165) is 11.3 Å². The van der Waals surface area contributed by atoms with Crippen LogP contribution in [0.4, 0.5) is 5.69 Å². The Kier molecular flexibility index (Phi) is 3.62. The van der Waals surface area contributed by atoms with Crippen molar-refractivity contribution in [3.05, 3.63) is 56.7 Å². The predicted octanol–water partition coefficient (Wildman–Crippen LogP) is 2.09. The summed E-state index contributed by atoms with van der Waals surface area (Å²) in [6, 6.07) is 8.02. The van der Waals surface area contributed by atoms with Gasteiger partial charge in [0.2, 0.25) is 0 Å². The van der Waals surface area contributed by atoms with Crippen molar-refractivity contribution in [3.8, 4) is 0 Å². The van der Waals surface area contributed by atoms with Gasteiger partial charge in [-0.2, -0.15) is 0 Å². The summed E-state index contributed by atoms with van der Waals surface area (Å²) in [4.78, 5) is 19.3. The van der Waals surface area contributed by atoms with E-state index in [4.69, 9.17) is 12.2 Å². The van der Waals surface area contributed by atoms with Gasteiger partial charge in [0.05, 0.1) is 0 Å². The van der Waals surface area contributed by atoms with Gasteiger partial charge < -0.3 is 9.88 Å². The Morgan fingerprint density at radius 2 is 1.94 bits per heavy atom. The largest absolute Gasteiger partial charge is 0.377 e. The highest BCUT2D eigenvalue weighted by molar-refractivity contribution is 7.71. The summed E-state index contributed by atoms with van der Waals surface area (Å²) < 4.78 is 0.352. The van der Waals surface area contributed by atoms with Gasteiger partial charge in [-0.25, -0.2) is 0 Å². The van der Waals surface area contributed by atoms with Gasteiger partial charge in [0.15, 0.2) is 4.77 Å². The summed E-state index contributed by atoms with van der Waals surface area (Å²) in [7, 11) is 3.98. The fourth-order valence-electron chi connectivity index (χ4n) is 1.87. The molecule has 0 radical (unpaired) electrons. The van der Waals surface area contributed by atoms with E-state index < -0.39 is 0 Å². The van der Waals surface area contributed by atoms with Gasteiger partial charge in [-0.3, -0.25) is 9.78 Å². The quantitative estimate of drug-likeness (QED) is 0.832. The van der Waals surface area contributed by atoms with E-state index in [9.17, 15) is 4.79 Å². The molecule has 2 N–H and O–H groups in total. The molecule has 0 saturated carbocycles. The average Bonchev–Trinajstić information content (AvgIpc) is 2.33. The van der Waals surface area contributed by atoms with Crippen LogP contribution in [-0.4, -0.2) is 24.1 Å². The third-order valence-electron chi connectivity index (χ3n) is 2.75. The maximum atomic E-state index is 11.8. The topological polar surface area (TPSA) is 51.9 Å². The lowest BCUT2D eigenvalue weighted by Gasteiger charge is -2.17. The minimum atomic E-state index is -0.132. The number of nitrogens with zero attached hydrogens (tertiary/aromatic N) is 1. The molecule has 5 heteroatoms. The molecule has 0 bridgehead atoms. The second-order valence-corrected chi connectivity index (χ2v) is 4.71. The standard InChI is InChI=1S/C13H15N3OS/c1-16(2)11-6-4-3-5-9(11)7-10-8-14-13(18)15-12(10)17/h3-6,8H,7H2,1-2H3,(H2,14,15,17,18). The number of rotatable bonds is 3. The van der Waals surface area contributed by atoms with Gasteiger partial charge in [-0.15, -0.1) is 0 Å². The molecule has 1 heterocycles. The zero-order valence-electron chi connectivity index (χ0n) is 10.4. The molecule has 2 rings (SSSR count). The highest BCUT2D eigenvalue weighted by Crippen LogP contribution is 2.19. The Balaban J connectivity index is 2.40. The number of aromatic nitrogens is 2. The summed E-state index contributed by atoms with van der Waals surface area (Å²) in [6.07, 6.45) is 2.25. The van der Waals surface area contributed by atoms with Crippen LogP contribution < -0.4 is 10.5 Å². The van der Waals surface area contributed by atoms with Gasteiger partial charge in [0.1, 0.15) is 0 Å². The minimum Gasteiger partial charge on any atom is -0.377 e. The van der Waals surface area contributed by atoms with E-state index in [1.807, 2.05) is 43.3 Å². The van der Waals surface area contributed by atoms with Crippen LogP contribution in [0.5, 0.6) is 0 Å². The van der Waals surface area contributed by atoms with Crippen molar-refractivity contribution >= 4 is 17.9 Å². The highest BCUT2D eigenvalue weighted by Gasteiger charge is 2.07. The first kappa shape index (κ1) is 12.6. The molecule has 0 unspecified atom stereocenters. The number of benzene rings is 1. The number of nitrogens with one attached hydrogen (secondary N) is 2. The van der Waals surface area contributed by atoms with Crippen LogP contribution >= 0.6 is 12.2 Å². The van der Waals surface area contributed by atoms with Crippen molar-refractivity contribution in [1.82, 2.24) is 9.97 Å². The van der Waals surface area contributed by atoms with Gasteiger partial charge in [0.25, 0.3) is 5.56 Å². The SMILES string of the molecule is CN(C)c1ccccc1Cc1c[nH]c(=S)[nH]c1=O. The average molecular weight is 261 g/mol. The molecule has 0 saturated heterocycles. The molecule has 18 heavy (non-hydrogen) atoms. The first-order chi connectivity index (χ1) is 8.58. The summed E-state index contributed by atoms with van der Waals surface area (Å²) in [6.45, 7) is 0. The molecule has 0 atom stereocenters. The van der Waals surface area contributed by atoms with E-state index in [1.165, 1.54) is 0 Å². The van der Waals surface area contributed by atoms with Gasteiger partial charge in [-0.05, 0) is 23.8 Å². The first-order valence-corrected chi connectivity index (χ1v) is 6.05. The fraction of sp³-hybridized carbons (Fsp3) is 0.231. The minimum absolute atomic E-state index is 0.132. The van der Waals surface area contributed by atoms with Crippen molar-refractivity contribution in [2.75, 3.05) is 19.0 Å². The Morgan fingerprint density at radius 1 is 1.22 bits per heavy atom. The number of hydrogen-bond acceptors (Lipinski definition) is 3. The zero-order chi connectivity index (χ0) is 13.1. The van der Waals surface area contributed by atoms with Crippen LogP contribution in [0.15, 0.2) is 35.3 Å². The maximum absolute atomic E-state index is 11.8. The van der Waals surface area contributed by atoms with Crippen molar-refractivity contribution in [2.45, 2.75) is 6.42 Å². The summed E-state index contributed by atoms with van der Waals surface area (Å²) in [5.74, 6) is 0. The van der Waals surface area contributed by atoms with Gasteiger partial charge in [-0.1, -0.05) is 18.2 Å². The molecule has 1 aromatic heterocycles. The third-order valence-corrected chi connectivity index (χ3v) is 2.97. The molecule has 4 nitrogen and oxygen atoms in total. The van der Waals surface area contributed by atoms with Crippen molar-refractivity contribution in [2.24, 2.45) is 0 Å². The third kappa shape index (κ3) is 2.68. The van der Waals surface area contributed by atoms with Crippen LogP contribution in [0.25, 0.3) is 0 Å². The van der Waals surface area contributed by atoms with Crippen molar-refractivity contribution in [3.63, 3.8) is 0 Å². The molecule has 0 aliphatic carbocycles. The highest BCUT2D eigenvalue weighted by atomic mass is 32.1. The lowest BCUT2D eigenvalue weighted by molar-refractivity contribution is 0.998. The lowest BCUT2D eigenvalue weighted by Crippen LogP contribution is -2.16. The second-order valence-electron chi connectivity index (χ2n) is 4.30. The molecular weight excluding hydrogens is 246 g/mol. The van der Waals surface area contributed by atoms with Crippen molar-refractivity contribution < 1.29 is 0 Å². The van der Waals surface area contributed by atoms with E-state index in [2.05, 4.69) is 9.97 Å². The van der Waals surface area contributed by atoms with Crippen LogP contribution in [0.1, 0.15) is 11.1 Å². The Labute approximate surface area is 110 Å². The van der Waals surface area contributed by atoms with E-state index in [-0.39, 0.29) is 5.56 Å². The van der Waals surface area contributed by atoms with Crippen LogP contribution in [0.3, 0.4) is 0 Å². The van der Waals surface area contributed by atoms with E-state index in [1.54, 1.807) is 6.20 Å². The fourth-order valence-corrected chi connectivity index (χ4v) is 2.02. The smallest absolute Gasteiger partial charge is 0.255 e. The predicted molar refractivity (Wildman–Crippen MR) is 75.8 cm³/mol. The Morgan fingerprint density at radius 3 is 2.61 bits per heavy atom. The van der Waals surface area contributed by atoms with Gasteiger partial charge >= 0.3 is 0 Å². The number of anilines is 1. The lowest BCUT2D eigenvalue weighted by atomic mass is 10.1. The van der Waals surface area contributed by atoms with E-state index >= 15 is 0 Å². The monoisotopic (exact) mass is 261 g/mol. The summed E-state index contributed by atoms with van der Waals surface area (Å²) >= 11 is 4.87. The number of aromatic amines is 2. The molecular formula is C13H15N3OS. The van der Waals surface area contributed by atoms with E-state index in [0.29, 0.717) is 16.8 Å². The van der Waals surface area contributed by atoms with Crippen LogP contribution in [0.2, 0.25) is 0 Å². The van der Waals surface area contributed by atoms with Crippen molar-refractivity contribution in [1.29, 1.82) is 0 Å².